The van der Waals surface area contributed by atoms with Crippen LogP contribution in [0.3, 0.4) is 0 Å². The standard InChI is InChI=1S/C14H20N2O4/c1-9(17)7-8-11-12(18)15-14(20)16(13(11)19)10-5-3-2-4-6-10/h10-11H,2-8H2,1H3,(H,15,18,20). The Morgan fingerprint density at radius 2 is 1.85 bits per heavy atom. The Bertz CT molecular complexity index is 440. The van der Waals surface area contributed by atoms with E-state index in [1.54, 1.807) is 0 Å². The first-order chi connectivity index (χ1) is 9.50. The first-order valence-electron chi connectivity index (χ1n) is 7.18. The molecule has 1 unspecified atom stereocenters. The van der Waals surface area contributed by atoms with Gasteiger partial charge >= 0.3 is 6.03 Å². The lowest BCUT2D eigenvalue weighted by Gasteiger charge is -2.37. The Balaban J connectivity index is 2.10. The summed E-state index contributed by atoms with van der Waals surface area (Å²) in [5.41, 5.74) is 0. The van der Waals surface area contributed by atoms with Gasteiger partial charge in [0.25, 0.3) is 0 Å². The number of nitrogens with one attached hydrogen (secondary N) is 1. The van der Waals surface area contributed by atoms with Crippen molar-refractivity contribution in [3.63, 3.8) is 0 Å². The number of Topliss-reactive ketones (excluding diaryl/α,β-unsaturated/α-hetero) is 1. The van der Waals surface area contributed by atoms with Gasteiger partial charge in [-0.3, -0.25) is 19.8 Å². The molecule has 20 heavy (non-hydrogen) atoms. The predicted octanol–water partition coefficient (Wildman–Crippen LogP) is 1.38. The van der Waals surface area contributed by atoms with Crippen LogP contribution in [0.2, 0.25) is 0 Å². The first kappa shape index (κ1) is 14.7. The minimum absolute atomic E-state index is 0.0632. The Labute approximate surface area is 117 Å². The highest BCUT2D eigenvalue weighted by Crippen LogP contribution is 2.27. The molecule has 6 nitrogen and oxygen atoms in total. The minimum Gasteiger partial charge on any atom is -0.300 e. The summed E-state index contributed by atoms with van der Waals surface area (Å²) >= 11 is 0. The zero-order valence-electron chi connectivity index (χ0n) is 11.7. The fourth-order valence-electron chi connectivity index (χ4n) is 2.92. The third-order valence-corrected chi connectivity index (χ3v) is 4.03. The second-order valence-electron chi connectivity index (χ2n) is 5.59. The Hall–Kier alpha value is -1.72. The molecule has 0 spiro atoms. The van der Waals surface area contributed by atoms with Gasteiger partial charge in [0.1, 0.15) is 11.7 Å². The number of nitrogens with zero attached hydrogens (tertiary/aromatic N) is 1. The summed E-state index contributed by atoms with van der Waals surface area (Å²) in [6.45, 7) is 1.43. The number of imide groups is 2. The highest BCUT2D eigenvalue weighted by Gasteiger charge is 2.43. The van der Waals surface area contributed by atoms with E-state index in [1.807, 2.05) is 0 Å². The van der Waals surface area contributed by atoms with Gasteiger partial charge in [0, 0.05) is 12.5 Å². The van der Waals surface area contributed by atoms with Gasteiger partial charge < -0.3 is 4.79 Å². The Morgan fingerprint density at radius 1 is 1.20 bits per heavy atom. The van der Waals surface area contributed by atoms with Crippen molar-refractivity contribution >= 4 is 23.6 Å². The maximum atomic E-state index is 12.4. The van der Waals surface area contributed by atoms with Crippen LogP contribution < -0.4 is 5.32 Å². The third-order valence-electron chi connectivity index (χ3n) is 4.03. The van der Waals surface area contributed by atoms with E-state index in [2.05, 4.69) is 5.32 Å². The van der Waals surface area contributed by atoms with Crippen LogP contribution in [0.1, 0.15) is 51.9 Å². The van der Waals surface area contributed by atoms with Crippen molar-refractivity contribution < 1.29 is 19.2 Å². The lowest BCUT2D eigenvalue weighted by Crippen LogP contribution is -2.61. The number of urea groups is 1. The molecule has 4 amide bonds. The van der Waals surface area contributed by atoms with Gasteiger partial charge in [-0.15, -0.1) is 0 Å². The number of ketones is 1. The fourth-order valence-corrected chi connectivity index (χ4v) is 2.92. The van der Waals surface area contributed by atoms with Crippen molar-refractivity contribution in [3.05, 3.63) is 0 Å². The van der Waals surface area contributed by atoms with Crippen LogP contribution >= 0.6 is 0 Å². The molecule has 110 valence electrons. The van der Waals surface area contributed by atoms with E-state index in [0.29, 0.717) is 0 Å². The van der Waals surface area contributed by atoms with Crippen molar-refractivity contribution in [2.45, 2.75) is 57.9 Å². The molecule has 2 rings (SSSR count). The Kier molecular flexibility index (Phi) is 4.52. The highest BCUT2D eigenvalue weighted by molar-refractivity contribution is 6.16. The minimum atomic E-state index is -0.904. The van der Waals surface area contributed by atoms with Gasteiger partial charge in [0.15, 0.2) is 0 Å². The maximum Gasteiger partial charge on any atom is 0.331 e. The van der Waals surface area contributed by atoms with Crippen molar-refractivity contribution in [2.24, 2.45) is 5.92 Å². The second-order valence-corrected chi connectivity index (χ2v) is 5.59. The van der Waals surface area contributed by atoms with E-state index >= 15 is 0 Å². The molecule has 1 aliphatic carbocycles. The maximum absolute atomic E-state index is 12.4. The summed E-state index contributed by atoms with van der Waals surface area (Å²) in [7, 11) is 0. The van der Waals surface area contributed by atoms with Crippen LogP contribution in [-0.2, 0) is 14.4 Å². The molecular formula is C14H20N2O4. The summed E-state index contributed by atoms with van der Waals surface area (Å²) in [5.74, 6) is -1.98. The average Bonchev–Trinajstić information content (AvgIpc) is 2.38. The summed E-state index contributed by atoms with van der Waals surface area (Å²) < 4.78 is 0. The van der Waals surface area contributed by atoms with Crippen molar-refractivity contribution in [1.29, 1.82) is 0 Å². The topological polar surface area (TPSA) is 83.6 Å². The van der Waals surface area contributed by atoms with Gasteiger partial charge in [0.05, 0.1) is 0 Å². The quantitative estimate of drug-likeness (QED) is 0.789. The number of rotatable bonds is 4. The molecule has 2 aliphatic rings. The zero-order valence-corrected chi connectivity index (χ0v) is 11.7. The molecule has 0 aromatic carbocycles. The van der Waals surface area contributed by atoms with Gasteiger partial charge in [-0.1, -0.05) is 19.3 Å². The number of barbiturate groups is 1. The molecule has 0 radical (unpaired) electrons. The summed E-state index contributed by atoms with van der Waals surface area (Å²) in [6, 6.07) is -0.713. The van der Waals surface area contributed by atoms with Crippen LogP contribution in [0.4, 0.5) is 4.79 Å². The molecule has 1 heterocycles. The molecule has 2 fully saturated rings. The smallest absolute Gasteiger partial charge is 0.300 e. The summed E-state index contributed by atoms with van der Waals surface area (Å²) in [5, 5.41) is 2.25. The van der Waals surface area contributed by atoms with Crippen molar-refractivity contribution in [1.82, 2.24) is 10.2 Å². The number of hydrogen-bond donors (Lipinski definition) is 1. The normalized spacial score (nSPS) is 24.8. The molecule has 1 saturated carbocycles. The lowest BCUT2D eigenvalue weighted by atomic mass is 9.91. The van der Waals surface area contributed by atoms with Gasteiger partial charge in [-0.05, 0) is 26.2 Å². The van der Waals surface area contributed by atoms with Crippen molar-refractivity contribution in [3.8, 4) is 0 Å². The van der Waals surface area contributed by atoms with Gasteiger partial charge in [-0.2, -0.15) is 0 Å². The average molecular weight is 280 g/mol. The first-order valence-corrected chi connectivity index (χ1v) is 7.18. The van der Waals surface area contributed by atoms with Crippen molar-refractivity contribution in [2.75, 3.05) is 0 Å². The van der Waals surface area contributed by atoms with Crippen LogP contribution in [0.25, 0.3) is 0 Å². The zero-order chi connectivity index (χ0) is 14.7. The van der Waals surface area contributed by atoms with Gasteiger partial charge in [0.2, 0.25) is 11.8 Å². The predicted molar refractivity (Wildman–Crippen MR) is 70.7 cm³/mol. The Morgan fingerprint density at radius 3 is 2.45 bits per heavy atom. The van der Waals surface area contributed by atoms with Crippen LogP contribution in [0.5, 0.6) is 0 Å². The third kappa shape index (κ3) is 3.05. The molecule has 0 aromatic heterocycles. The highest BCUT2D eigenvalue weighted by atomic mass is 16.2. The van der Waals surface area contributed by atoms with E-state index < -0.39 is 23.8 Å². The fraction of sp³-hybridized carbons (Fsp3) is 0.714. The van der Waals surface area contributed by atoms with Crippen LogP contribution in [-0.4, -0.2) is 34.6 Å². The molecule has 1 aliphatic heterocycles. The van der Waals surface area contributed by atoms with E-state index in [4.69, 9.17) is 0 Å². The van der Waals surface area contributed by atoms with Gasteiger partial charge in [-0.25, -0.2) is 4.79 Å². The largest absolute Gasteiger partial charge is 0.331 e. The van der Waals surface area contributed by atoms with E-state index in [1.165, 1.54) is 11.8 Å². The molecular weight excluding hydrogens is 260 g/mol. The molecule has 1 saturated heterocycles. The number of amides is 4. The summed E-state index contributed by atoms with van der Waals surface area (Å²) in [4.78, 5) is 48.3. The molecule has 0 aromatic rings. The van der Waals surface area contributed by atoms with E-state index in [9.17, 15) is 19.2 Å². The monoisotopic (exact) mass is 280 g/mol. The summed E-state index contributed by atoms with van der Waals surface area (Å²) in [6.07, 6.45) is 5.06. The van der Waals surface area contributed by atoms with E-state index in [-0.39, 0.29) is 24.7 Å². The lowest BCUT2D eigenvalue weighted by molar-refractivity contribution is -0.144. The number of carbonyl (C=O) groups is 4. The molecule has 0 bridgehead atoms. The molecule has 1 atom stereocenters. The number of hydrogen-bond acceptors (Lipinski definition) is 4. The second kappa shape index (κ2) is 6.15. The molecule has 1 N–H and O–H groups in total. The van der Waals surface area contributed by atoms with Crippen LogP contribution in [0.15, 0.2) is 0 Å². The van der Waals surface area contributed by atoms with E-state index in [0.717, 1.165) is 32.1 Å². The SMILES string of the molecule is CC(=O)CCC1C(=O)NC(=O)N(C2CCCCC2)C1=O. The van der Waals surface area contributed by atoms with Crippen LogP contribution in [0, 0.1) is 5.92 Å². The molecule has 6 heteroatoms. The number of carbonyl (C=O) groups excluding carboxylic acids is 4.